The van der Waals surface area contributed by atoms with E-state index in [4.69, 9.17) is 4.74 Å². The van der Waals surface area contributed by atoms with E-state index in [9.17, 15) is 5.11 Å². The monoisotopic (exact) mass is 257 g/mol. The van der Waals surface area contributed by atoms with Gasteiger partial charge in [-0.3, -0.25) is 0 Å². The molecular weight excluding hydrogens is 238 g/mol. The van der Waals surface area contributed by atoms with Crippen LogP contribution in [0.25, 0.3) is 0 Å². The van der Waals surface area contributed by atoms with Crippen molar-refractivity contribution >= 4 is 12.4 Å². The average Bonchev–Trinajstić information content (AvgIpc) is 2.31. The molecule has 0 amide bonds. The van der Waals surface area contributed by atoms with E-state index >= 15 is 0 Å². The van der Waals surface area contributed by atoms with Crippen molar-refractivity contribution in [1.82, 2.24) is 4.90 Å². The van der Waals surface area contributed by atoms with Crippen molar-refractivity contribution in [3.63, 3.8) is 0 Å². The highest BCUT2D eigenvalue weighted by Gasteiger charge is 2.33. The van der Waals surface area contributed by atoms with Gasteiger partial charge in [0.1, 0.15) is 5.75 Å². The van der Waals surface area contributed by atoms with Crippen LogP contribution in [0.3, 0.4) is 0 Å². The quantitative estimate of drug-likeness (QED) is 0.844. The minimum absolute atomic E-state index is 0. The van der Waals surface area contributed by atoms with E-state index < -0.39 is 5.79 Å². The van der Waals surface area contributed by atoms with E-state index in [1.54, 1.807) is 0 Å². The first kappa shape index (κ1) is 14.3. The third-order valence-corrected chi connectivity index (χ3v) is 3.14. The molecule has 4 heteroatoms. The maximum Gasteiger partial charge on any atom is 0.210 e. The Morgan fingerprint density at radius 3 is 2.35 bits per heavy atom. The van der Waals surface area contributed by atoms with Gasteiger partial charge in [0.15, 0.2) is 0 Å². The maximum atomic E-state index is 10.3. The number of ether oxygens (including phenoxy) is 1. The number of likely N-dealkylation sites (tertiary alicyclic amines) is 1. The minimum atomic E-state index is -0.979. The smallest absolute Gasteiger partial charge is 0.210 e. The number of nitrogens with zero attached hydrogens (tertiary/aromatic N) is 1. The van der Waals surface area contributed by atoms with Crippen LogP contribution in [-0.2, 0) is 0 Å². The van der Waals surface area contributed by atoms with Crippen LogP contribution in [-0.4, -0.2) is 35.4 Å². The molecule has 1 saturated heterocycles. The number of piperidine rings is 1. The Bertz CT molecular complexity index is 323. The lowest BCUT2D eigenvalue weighted by Gasteiger charge is -2.37. The summed E-state index contributed by atoms with van der Waals surface area (Å²) in [4.78, 5) is 2.32. The molecule has 0 bridgehead atoms. The number of halogens is 1. The molecule has 1 fully saturated rings. The Morgan fingerprint density at radius 1 is 1.24 bits per heavy atom. The molecule has 0 unspecified atom stereocenters. The topological polar surface area (TPSA) is 32.7 Å². The lowest BCUT2D eigenvalue weighted by atomic mass is 10.0. The number of para-hydroxylation sites is 1. The predicted octanol–water partition coefficient (Wildman–Crippen LogP) is 2.29. The maximum absolute atomic E-state index is 10.3. The van der Waals surface area contributed by atoms with E-state index in [0.29, 0.717) is 12.8 Å². The van der Waals surface area contributed by atoms with Crippen molar-refractivity contribution in [2.75, 3.05) is 19.6 Å². The molecule has 1 aromatic rings. The van der Waals surface area contributed by atoms with Crippen LogP contribution in [0.5, 0.6) is 5.75 Å². The van der Waals surface area contributed by atoms with Crippen molar-refractivity contribution in [3.8, 4) is 5.75 Å². The first-order valence-electron chi connectivity index (χ1n) is 5.91. The Hall–Kier alpha value is -0.770. The summed E-state index contributed by atoms with van der Waals surface area (Å²) in [6.07, 6.45) is 1.35. The molecule has 0 saturated carbocycles. The summed E-state index contributed by atoms with van der Waals surface area (Å²) in [5.74, 6) is -0.234. The number of rotatable bonds is 3. The fourth-order valence-corrected chi connectivity index (χ4v) is 2.03. The number of aliphatic hydroxyl groups is 1. The van der Waals surface area contributed by atoms with E-state index in [1.165, 1.54) is 0 Å². The normalized spacial score (nSPS) is 19.4. The second-order valence-corrected chi connectivity index (χ2v) is 4.30. The summed E-state index contributed by atoms with van der Waals surface area (Å²) in [5.41, 5.74) is 0. The molecule has 3 nitrogen and oxygen atoms in total. The second kappa shape index (κ2) is 6.24. The van der Waals surface area contributed by atoms with Crippen molar-refractivity contribution in [2.24, 2.45) is 0 Å². The molecule has 0 atom stereocenters. The third kappa shape index (κ3) is 3.87. The molecule has 2 rings (SSSR count). The third-order valence-electron chi connectivity index (χ3n) is 3.14. The van der Waals surface area contributed by atoms with Crippen molar-refractivity contribution in [2.45, 2.75) is 25.6 Å². The number of hydrogen-bond acceptors (Lipinski definition) is 3. The van der Waals surface area contributed by atoms with Gasteiger partial charge in [-0.2, -0.15) is 0 Å². The summed E-state index contributed by atoms with van der Waals surface area (Å²) < 4.78 is 5.66. The highest BCUT2D eigenvalue weighted by atomic mass is 35.5. The lowest BCUT2D eigenvalue weighted by molar-refractivity contribution is -0.167. The van der Waals surface area contributed by atoms with E-state index in [1.807, 2.05) is 30.3 Å². The molecule has 1 heterocycles. The molecule has 1 aromatic carbocycles. The zero-order valence-corrected chi connectivity index (χ0v) is 10.9. The molecule has 0 aliphatic carbocycles. The fraction of sp³-hybridized carbons (Fsp3) is 0.538. The molecule has 0 aromatic heterocycles. The first-order chi connectivity index (χ1) is 7.72. The average molecular weight is 258 g/mol. The van der Waals surface area contributed by atoms with Gasteiger partial charge in [0.25, 0.3) is 0 Å². The molecular formula is C13H20ClNO2. The summed E-state index contributed by atoms with van der Waals surface area (Å²) >= 11 is 0. The van der Waals surface area contributed by atoms with Crippen molar-refractivity contribution in [1.29, 1.82) is 0 Å². The standard InChI is InChI=1S/C13H19NO2.ClH/c1-2-14-10-8-13(15,9-11-14)16-12-6-4-3-5-7-12;/h3-7,15H,2,8-11H2,1H3;1H. The molecule has 1 N–H and O–H groups in total. The van der Waals surface area contributed by atoms with Crippen LogP contribution < -0.4 is 4.74 Å². The minimum Gasteiger partial charge on any atom is -0.462 e. The SMILES string of the molecule is CCN1CCC(O)(Oc2ccccc2)CC1.Cl. The summed E-state index contributed by atoms with van der Waals surface area (Å²) in [6, 6.07) is 9.53. The molecule has 0 radical (unpaired) electrons. The van der Waals surface area contributed by atoms with Crippen LogP contribution in [0.2, 0.25) is 0 Å². The molecule has 17 heavy (non-hydrogen) atoms. The van der Waals surface area contributed by atoms with Gasteiger partial charge in [-0.05, 0) is 18.7 Å². The van der Waals surface area contributed by atoms with E-state index in [2.05, 4.69) is 11.8 Å². The number of benzene rings is 1. The van der Waals surface area contributed by atoms with Crippen molar-refractivity contribution in [3.05, 3.63) is 30.3 Å². The predicted molar refractivity (Wildman–Crippen MR) is 70.6 cm³/mol. The Morgan fingerprint density at radius 2 is 1.82 bits per heavy atom. The Balaban J connectivity index is 0.00000144. The Labute approximate surface area is 109 Å². The van der Waals surface area contributed by atoms with Crippen LogP contribution in [0.15, 0.2) is 30.3 Å². The Kier molecular flexibility index (Phi) is 5.25. The highest BCUT2D eigenvalue weighted by molar-refractivity contribution is 5.85. The van der Waals surface area contributed by atoms with Gasteiger partial charge in [0.2, 0.25) is 5.79 Å². The van der Waals surface area contributed by atoms with Gasteiger partial charge in [-0.25, -0.2) is 0 Å². The zero-order chi connectivity index (χ0) is 11.4. The molecule has 1 aliphatic heterocycles. The zero-order valence-electron chi connectivity index (χ0n) is 10.1. The van der Waals surface area contributed by atoms with Crippen LogP contribution >= 0.6 is 12.4 Å². The van der Waals surface area contributed by atoms with Gasteiger partial charge < -0.3 is 14.7 Å². The summed E-state index contributed by atoms with van der Waals surface area (Å²) in [6.45, 7) is 4.99. The lowest BCUT2D eigenvalue weighted by Crippen LogP contribution is -2.47. The molecule has 0 spiro atoms. The van der Waals surface area contributed by atoms with Gasteiger partial charge >= 0.3 is 0 Å². The van der Waals surface area contributed by atoms with E-state index in [0.717, 1.165) is 25.4 Å². The second-order valence-electron chi connectivity index (χ2n) is 4.30. The summed E-state index contributed by atoms with van der Waals surface area (Å²) in [5, 5.41) is 10.3. The fourth-order valence-electron chi connectivity index (χ4n) is 2.03. The van der Waals surface area contributed by atoms with Crippen LogP contribution in [0, 0.1) is 0 Å². The van der Waals surface area contributed by atoms with E-state index in [-0.39, 0.29) is 12.4 Å². The van der Waals surface area contributed by atoms with Gasteiger partial charge in [-0.15, -0.1) is 12.4 Å². The highest BCUT2D eigenvalue weighted by Crippen LogP contribution is 2.25. The van der Waals surface area contributed by atoms with Crippen LogP contribution in [0.1, 0.15) is 19.8 Å². The van der Waals surface area contributed by atoms with Gasteiger partial charge in [-0.1, -0.05) is 25.1 Å². The summed E-state index contributed by atoms with van der Waals surface area (Å²) in [7, 11) is 0. The molecule has 1 aliphatic rings. The van der Waals surface area contributed by atoms with Gasteiger partial charge in [0, 0.05) is 25.9 Å². The molecule has 96 valence electrons. The van der Waals surface area contributed by atoms with Gasteiger partial charge in [0.05, 0.1) is 0 Å². The largest absolute Gasteiger partial charge is 0.462 e. The van der Waals surface area contributed by atoms with Crippen molar-refractivity contribution < 1.29 is 9.84 Å². The first-order valence-corrected chi connectivity index (χ1v) is 5.91. The number of hydrogen-bond donors (Lipinski definition) is 1. The van der Waals surface area contributed by atoms with Crippen LogP contribution in [0.4, 0.5) is 0 Å².